The molecule has 3 aromatic heterocycles. The summed E-state index contributed by atoms with van der Waals surface area (Å²) in [7, 11) is 0. The van der Waals surface area contributed by atoms with Crippen LogP contribution in [0.4, 0.5) is 5.82 Å². The number of hydrogen-bond acceptors (Lipinski definition) is 6. The van der Waals surface area contributed by atoms with Crippen molar-refractivity contribution in [1.29, 1.82) is 0 Å². The van der Waals surface area contributed by atoms with Gasteiger partial charge in [0.15, 0.2) is 4.96 Å². The fourth-order valence-electron chi connectivity index (χ4n) is 3.95. The van der Waals surface area contributed by atoms with Gasteiger partial charge in [-0.15, -0.1) is 11.3 Å². The zero-order valence-corrected chi connectivity index (χ0v) is 14.4. The number of nitrogens with zero attached hydrogens (tertiary/aromatic N) is 4. The van der Waals surface area contributed by atoms with Crippen molar-refractivity contribution >= 4 is 22.1 Å². The van der Waals surface area contributed by atoms with Gasteiger partial charge < -0.3 is 10.6 Å². The maximum absolute atomic E-state index is 4.79. The summed E-state index contributed by atoms with van der Waals surface area (Å²) in [6.45, 7) is 3.33. The van der Waals surface area contributed by atoms with Crippen LogP contribution in [0.15, 0.2) is 24.8 Å². The molecule has 1 saturated heterocycles. The minimum Gasteiger partial charge on any atom is -0.364 e. The second-order valence-corrected chi connectivity index (χ2v) is 7.83. The van der Waals surface area contributed by atoms with Crippen LogP contribution in [0.1, 0.15) is 24.6 Å². The monoisotopic (exact) mass is 340 g/mol. The lowest BCUT2D eigenvalue weighted by molar-refractivity contribution is 0.465. The summed E-state index contributed by atoms with van der Waals surface area (Å²) >= 11 is 1.73. The van der Waals surface area contributed by atoms with Crippen molar-refractivity contribution < 1.29 is 0 Å². The number of hydrogen-bond donors (Lipinski definition) is 2. The minimum atomic E-state index is 0.464. The number of nitrogens with one attached hydrogen (secondary N) is 2. The van der Waals surface area contributed by atoms with Gasteiger partial charge in [0.05, 0.1) is 24.3 Å². The largest absolute Gasteiger partial charge is 0.364 e. The van der Waals surface area contributed by atoms with Crippen LogP contribution in [-0.2, 0) is 6.42 Å². The molecule has 2 N–H and O–H groups in total. The highest BCUT2D eigenvalue weighted by molar-refractivity contribution is 7.17. The van der Waals surface area contributed by atoms with Crippen molar-refractivity contribution in [2.45, 2.75) is 38.3 Å². The summed E-state index contributed by atoms with van der Waals surface area (Å²) in [4.78, 5) is 16.0. The molecule has 24 heavy (non-hydrogen) atoms. The number of imidazole rings is 1. The molecule has 3 aromatic rings. The third-order valence-electron chi connectivity index (χ3n) is 5.17. The van der Waals surface area contributed by atoms with Gasteiger partial charge in [-0.3, -0.25) is 9.38 Å². The number of fused-ring (bicyclic) bond motifs is 3. The number of piperidine rings is 1. The van der Waals surface area contributed by atoms with Crippen LogP contribution < -0.4 is 10.6 Å². The van der Waals surface area contributed by atoms with E-state index in [1.807, 2.05) is 18.6 Å². The van der Waals surface area contributed by atoms with Crippen LogP contribution in [0.3, 0.4) is 0 Å². The zero-order valence-electron chi connectivity index (χ0n) is 13.6. The molecule has 2 fully saturated rings. The van der Waals surface area contributed by atoms with E-state index >= 15 is 0 Å². The van der Waals surface area contributed by atoms with E-state index in [2.05, 4.69) is 38.1 Å². The maximum Gasteiger partial charge on any atom is 0.194 e. The fraction of sp³-hybridized carbons (Fsp3) is 0.471. The van der Waals surface area contributed by atoms with Crippen molar-refractivity contribution in [2.24, 2.45) is 5.92 Å². The number of aryl methyl sites for hydroxylation is 1. The molecule has 2 aliphatic rings. The molecule has 0 aromatic carbocycles. The Hall–Kier alpha value is -1.99. The van der Waals surface area contributed by atoms with Crippen LogP contribution in [0.2, 0.25) is 0 Å². The molecule has 3 atom stereocenters. The van der Waals surface area contributed by atoms with Crippen molar-refractivity contribution in [3.63, 3.8) is 0 Å². The van der Waals surface area contributed by atoms with E-state index in [-0.39, 0.29) is 0 Å². The Morgan fingerprint density at radius 1 is 1.33 bits per heavy atom. The summed E-state index contributed by atoms with van der Waals surface area (Å²) in [6, 6.07) is 1.04. The maximum atomic E-state index is 4.79. The van der Waals surface area contributed by atoms with Gasteiger partial charge in [0.1, 0.15) is 11.5 Å². The van der Waals surface area contributed by atoms with Gasteiger partial charge in [-0.05, 0) is 31.7 Å². The summed E-state index contributed by atoms with van der Waals surface area (Å²) < 4.78 is 2.12. The van der Waals surface area contributed by atoms with Crippen LogP contribution in [-0.4, -0.2) is 38.0 Å². The number of aromatic nitrogens is 4. The zero-order chi connectivity index (χ0) is 16.1. The predicted molar refractivity (Wildman–Crippen MR) is 95.4 cm³/mol. The lowest BCUT2D eigenvalue weighted by Crippen LogP contribution is -2.41. The smallest absolute Gasteiger partial charge is 0.194 e. The molecule has 1 aliphatic heterocycles. The summed E-state index contributed by atoms with van der Waals surface area (Å²) in [5.74, 6) is 1.67. The molecule has 0 amide bonds. The topological polar surface area (TPSA) is 67.1 Å². The normalized spacial score (nSPS) is 25.6. The van der Waals surface area contributed by atoms with Crippen molar-refractivity contribution in [2.75, 3.05) is 11.9 Å². The highest BCUT2D eigenvalue weighted by Crippen LogP contribution is 2.33. The quantitative estimate of drug-likeness (QED) is 0.764. The van der Waals surface area contributed by atoms with Gasteiger partial charge in [0.2, 0.25) is 0 Å². The Bertz CT molecular complexity index is 884. The molecule has 1 aliphatic carbocycles. The van der Waals surface area contributed by atoms with E-state index in [0.717, 1.165) is 34.5 Å². The second-order valence-electron chi connectivity index (χ2n) is 6.74. The first-order valence-electron chi connectivity index (χ1n) is 8.58. The first-order valence-corrected chi connectivity index (χ1v) is 9.40. The van der Waals surface area contributed by atoms with Gasteiger partial charge in [-0.2, -0.15) is 0 Å². The lowest BCUT2D eigenvalue weighted by atomic mass is 10.1. The first kappa shape index (κ1) is 14.4. The molecule has 0 unspecified atom stereocenters. The number of rotatable bonds is 4. The molecule has 7 heteroatoms. The molecule has 4 heterocycles. The highest BCUT2D eigenvalue weighted by Gasteiger charge is 2.39. The van der Waals surface area contributed by atoms with E-state index < -0.39 is 0 Å². The van der Waals surface area contributed by atoms with Crippen molar-refractivity contribution in [3.05, 3.63) is 29.7 Å². The average Bonchev–Trinajstić information content (AvgIpc) is 3.35. The van der Waals surface area contributed by atoms with E-state index in [1.165, 1.54) is 24.3 Å². The summed E-state index contributed by atoms with van der Waals surface area (Å²) in [5.41, 5.74) is 1.87. The molecule has 0 radical (unpaired) electrons. The SMILES string of the molecule is CCc1cn2c(-c3cncc(N[C@@H]4C[C@@H]5CN[C@H]4C5)n3)cnc2s1. The average molecular weight is 340 g/mol. The molecular weight excluding hydrogens is 320 g/mol. The standard InChI is InChI=1S/C17H20N6S/c1-2-11-9-23-15(7-20-17(23)24-11)14-6-18-8-16(22-14)21-13-4-10-3-12(13)19-5-10/h6-10,12-13,19H,2-5H2,1H3,(H,21,22)/t10-,12+,13-/m1/s1. The Morgan fingerprint density at radius 3 is 3.08 bits per heavy atom. The summed E-state index contributed by atoms with van der Waals surface area (Å²) in [5, 5.41) is 7.15. The van der Waals surface area contributed by atoms with Gasteiger partial charge in [-0.1, -0.05) is 6.92 Å². The van der Waals surface area contributed by atoms with Crippen LogP contribution in [0.5, 0.6) is 0 Å². The minimum absolute atomic E-state index is 0.464. The van der Waals surface area contributed by atoms with Crippen LogP contribution in [0, 0.1) is 5.92 Å². The molecule has 5 rings (SSSR count). The molecule has 1 saturated carbocycles. The molecule has 0 spiro atoms. The number of thiazole rings is 1. The Morgan fingerprint density at radius 2 is 2.29 bits per heavy atom. The van der Waals surface area contributed by atoms with Gasteiger partial charge >= 0.3 is 0 Å². The van der Waals surface area contributed by atoms with E-state index in [0.29, 0.717) is 12.1 Å². The third kappa shape index (κ3) is 2.31. The molecular formula is C17H20N6S. The van der Waals surface area contributed by atoms with E-state index in [4.69, 9.17) is 4.98 Å². The van der Waals surface area contributed by atoms with Gasteiger partial charge in [0.25, 0.3) is 0 Å². The van der Waals surface area contributed by atoms with Crippen LogP contribution in [0.25, 0.3) is 16.3 Å². The van der Waals surface area contributed by atoms with Gasteiger partial charge in [-0.25, -0.2) is 9.97 Å². The van der Waals surface area contributed by atoms with Crippen LogP contribution >= 0.6 is 11.3 Å². The highest BCUT2D eigenvalue weighted by atomic mass is 32.1. The fourth-order valence-corrected chi connectivity index (χ4v) is 4.84. The second kappa shape index (κ2) is 5.53. The predicted octanol–water partition coefficient (Wildman–Crippen LogP) is 2.58. The molecule has 6 nitrogen and oxygen atoms in total. The van der Waals surface area contributed by atoms with Crippen molar-refractivity contribution in [3.8, 4) is 11.4 Å². The Balaban J connectivity index is 1.44. The third-order valence-corrected chi connectivity index (χ3v) is 6.31. The van der Waals surface area contributed by atoms with E-state index in [1.54, 1.807) is 11.3 Å². The first-order chi connectivity index (χ1) is 11.8. The molecule has 2 bridgehead atoms. The molecule has 124 valence electrons. The Kier molecular flexibility index (Phi) is 3.31. The Labute approximate surface area is 144 Å². The lowest BCUT2D eigenvalue weighted by Gasteiger charge is -2.24. The number of anilines is 1. The summed E-state index contributed by atoms with van der Waals surface area (Å²) in [6.07, 6.45) is 11.2. The van der Waals surface area contributed by atoms with Crippen molar-refractivity contribution in [1.82, 2.24) is 24.7 Å². The van der Waals surface area contributed by atoms with Gasteiger partial charge in [0, 0.05) is 23.2 Å². The van der Waals surface area contributed by atoms with E-state index in [9.17, 15) is 0 Å².